The molecule has 1 aromatic heterocycles. The van der Waals surface area contributed by atoms with E-state index in [2.05, 4.69) is 11.1 Å². The van der Waals surface area contributed by atoms with E-state index in [4.69, 9.17) is 5.26 Å². The third kappa shape index (κ3) is 2.18. The van der Waals surface area contributed by atoms with Crippen LogP contribution in [0.2, 0.25) is 0 Å². The Morgan fingerprint density at radius 2 is 2.41 bits per heavy atom. The number of hydrogen-bond donors (Lipinski definition) is 0. The van der Waals surface area contributed by atoms with Gasteiger partial charge in [0.25, 0.3) is 0 Å². The fourth-order valence-electron chi connectivity index (χ4n) is 2.06. The Kier molecular flexibility index (Phi) is 3.16. The molecule has 0 saturated heterocycles. The Morgan fingerprint density at radius 3 is 2.82 bits per heavy atom. The van der Waals surface area contributed by atoms with Crippen molar-refractivity contribution in [3.8, 4) is 6.07 Å². The molecule has 1 saturated carbocycles. The van der Waals surface area contributed by atoms with Crippen molar-refractivity contribution in [1.29, 1.82) is 5.26 Å². The van der Waals surface area contributed by atoms with Gasteiger partial charge in [0.2, 0.25) is 5.91 Å². The summed E-state index contributed by atoms with van der Waals surface area (Å²) in [6.45, 7) is 2.44. The Hall–Kier alpha value is -1.41. The molecule has 0 atom stereocenters. The van der Waals surface area contributed by atoms with Crippen LogP contribution in [0.5, 0.6) is 0 Å². The Labute approximate surface area is 105 Å². The molecule has 0 unspecified atom stereocenters. The highest BCUT2D eigenvalue weighted by Crippen LogP contribution is 2.41. The number of amides is 1. The molecule has 0 radical (unpaired) electrons. The summed E-state index contributed by atoms with van der Waals surface area (Å²) in [5.74, 6) is -0.0584. The number of rotatable bonds is 3. The quantitative estimate of drug-likeness (QED) is 0.824. The lowest BCUT2D eigenvalue weighted by Gasteiger charge is -2.36. The number of carbonyl (C=O) groups excluding carboxylic acids is 1. The molecule has 17 heavy (non-hydrogen) atoms. The predicted octanol–water partition coefficient (Wildman–Crippen LogP) is 2.10. The third-order valence-corrected chi connectivity index (χ3v) is 4.07. The van der Waals surface area contributed by atoms with Gasteiger partial charge in [-0.05, 0) is 26.2 Å². The van der Waals surface area contributed by atoms with E-state index in [0.717, 1.165) is 17.1 Å². The number of carbonyl (C=O) groups is 1. The van der Waals surface area contributed by atoms with Gasteiger partial charge in [0.1, 0.15) is 5.41 Å². The van der Waals surface area contributed by atoms with Gasteiger partial charge in [0, 0.05) is 12.4 Å². The largest absolute Gasteiger partial charge is 0.338 e. The van der Waals surface area contributed by atoms with Crippen molar-refractivity contribution in [3.05, 3.63) is 16.1 Å². The molecule has 1 heterocycles. The highest BCUT2D eigenvalue weighted by atomic mass is 32.1. The predicted molar refractivity (Wildman–Crippen MR) is 65.2 cm³/mol. The zero-order valence-corrected chi connectivity index (χ0v) is 10.9. The van der Waals surface area contributed by atoms with E-state index in [1.54, 1.807) is 23.3 Å². The van der Waals surface area contributed by atoms with Crippen molar-refractivity contribution in [3.63, 3.8) is 0 Å². The molecule has 0 N–H and O–H groups in total. The molecule has 0 aliphatic heterocycles. The highest BCUT2D eigenvalue weighted by Gasteiger charge is 2.46. The summed E-state index contributed by atoms with van der Waals surface area (Å²) in [5, 5.41) is 12.1. The van der Waals surface area contributed by atoms with Crippen molar-refractivity contribution in [1.82, 2.24) is 9.88 Å². The number of nitrogens with zero attached hydrogens (tertiary/aromatic N) is 3. The van der Waals surface area contributed by atoms with Gasteiger partial charge in [0.15, 0.2) is 0 Å². The molecule has 90 valence electrons. The molecular weight excluding hydrogens is 234 g/mol. The molecule has 1 amide bonds. The summed E-state index contributed by atoms with van der Waals surface area (Å²) < 4.78 is 0. The van der Waals surface area contributed by atoms with Gasteiger partial charge in [-0.2, -0.15) is 5.26 Å². The van der Waals surface area contributed by atoms with Gasteiger partial charge in [-0.1, -0.05) is 0 Å². The molecule has 5 heteroatoms. The van der Waals surface area contributed by atoms with Crippen molar-refractivity contribution in [2.24, 2.45) is 5.41 Å². The number of hydrogen-bond acceptors (Lipinski definition) is 4. The minimum atomic E-state index is -0.750. The maximum atomic E-state index is 12.2. The van der Waals surface area contributed by atoms with Crippen LogP contribution in [0, 0.1) is 23.7 Å². The van der Waals surface area contributed by atoms with Crippen LogP contribution >= 0.6 is 11.3 Å². The summed E-state index contributed by atoms with van der Waals surface area (Å²) in [6.07, 6.45) is 2.37. The van der Waals surface area contributed by atoms with Crippen LogP contribution in [0.15, 0.2) is 5.38 Å². The molecule has 0 bridgehead atoms. The average molecular weight is 249 g/mol. The molecular formula is C12H15N3OS. The summed E-state index contributed by atoms with van der Waals surface area (Å²) in [7, 11) is 1.74. The second-order valence-corrected chi connectivity index (χ2v) is 5.63. The number of aromatic nitrogens is 1. The second-order valence-electron chi connectivity index (χ2n) is 4.57. The van der Waals surface area contributed by atoms with Crippen molar-refractivity contribution < 1.29 is 4.79 Å². The Balaban J connectivity index is 2.03. The zero-order chi connectivity index (χ0) is 12.5. The van der Waals surface area contributed by atoms with Crippen LogP contribution < -0.4 is 0 Å². The molecule has 0 aromatic carbocycles. The summed E-state index contributed by atoms with van der Waals surface area (Å²) in [6, 6.07) is 2.18. The first-order valence-corrected chi connectivity index (χ1v) is 6.53. The second kappa shape index (κ2) is 4.46. The van der Waals surface area contributed by atoms with Crippen molar-refractivity contribution in [2.45, 2.75) is 32.7 Å². The fourth-order valence-corrected chi connectivity index (χ4v) is 2.67. The minimum absolute atomic E-state index is 0.0584. The van der Waals surface area contributed by atoms with E-state index in [9.17, 15) is 4.79 Å². The first kappa shape index (κ1) is 12.1. The number of nitriles is 1. The van der Waals surface area contributed by atoms with Gasteiger partial charge >= 0.3 is 0 Å². The molecule has 1 aliphatic carbocycles. The fraction of sp³-hybridized carbons (Fsp3) is 0.583. The molecule has 1 aliphatic rings. The van der Waals surface area contributed by atoms with Crippen molar-refractivity contribution >= 4 is 17.2 Å². The third-order valence-electron chi connectivity index (χ3n) is 3.24. The van der Waals surface area contributed by atoms with Crippen LogP contribution in [-0.2, 0) is 11.3 Å². The Bertz CT molecular complexity index is 470. The summed E-state index contributed by atoms with van der Waals surface area (Å²) in [4.78, 5) is 18.1. The monoisotopic (exact) mass is 249 g/mol. The lowest BCUT2D eigenvalue weighted by molar-refractivity contribution is -0.142. The molecule has 4 nitrogen and oxygen atoms in total. The van der Waals surface area contributed by atoms with E-state index in [1.807, 2.05) is 12.3 Å². The van der Waals surface area contributed by atoms with E-state index in [0.29, 0.717) is 19.4 Å². The highest BCUT2D eigenvalue weighted by molar-refractivity contribution is 7.09. The number of thiazole rings is 1. The lowest BCUT2D eigenvalue weighted by Crippen LogP contribution is -2.45. The van der Waals surface area contributed by atoms with Crippen molar-refractivity contribution in [2.75, 3.05) is 7.05 Å². The molecule has 2 rings (SSSR count). The first-order chi connectivity index (χ1) is 8.07. The first-order valence-electron chi connectivity index (χ1n) is 5.65. The van der Waals surface area contributed by atoms with Crippen LogP contribution in [-0.4, -0.2) is 22.8 Å². The minimum Gasteiger partial charge on any atom is -0.338 e. The zero-order valence-electron chi connectivity index (χ0n) is 10.1. The molecule has 1 fully saturated rings. The van der Waals surface area contributed by atoms with E-state index in [-0.39, 0.29) is 5.91 Å². The number of aryl methyl sites for hydroxylation is 1. The normalized spacial score (nSPS) is 17.0. The maximum absolute atomic E-state index is 12.2. The Morgan fingerprint density at radius 1 is 1.71 bits per heavy atom. The standard InChI is InChI=1S/C12H15N3OS/c1-9-14-10(7-17-9)6-15(2)11(16)12(8-13)4-3-5-12/h7H,3-6H2,1-2H3. The van der Waals surface area contributed by atoms with Crippen LogP contribution in [0.25, 0.3) is 0 Å². The topological polar surface area (TPSA) is 57.0 Å². The van der Waals surface area contributed by atoms with E-state index in [1.165, 1.54) is 0 Å². The van der Waals surface area contributed by atoms with Gasteiger partial charge in [-0.25, -0.2) is 4.98 Å². The molecule has 1 aromatic rings. The SMILES string of the molecule is Cc1nc(CN(C)C(=O)C2(C#N)CCC2)cs1. The van der Waals surface area contributed by atoms with Gasteiger partial charge in [0.05, 0.1) is 23.3 Å². The summed E-state index contributed by atoms with van der Waals surface area (Å²) in [5.41, 5.74) is 0.149. The van der Waals surface area contributed by atoms with Gasteiger partial charge in [-0.15, -0.1) is 11.3 Å². The van der Waals surface area contributed by atoms with Gasteiger partial charge < -0.3 is 4.90 Å². The maximum Gasteiger partial charge on any atom is 0.243 e. The van der Waals surface area contributed by atoms with Crippen LogP contribution in [0.1, 0.15) is 30.0 Å². The van der Waals surface area contributed by atoms with Crippen LogP contribution in [0.4, 0.5) is 0 Å². The lowest BCUT2D eigenvalue weighted by atomic mass is 9.69. The van der Waals surface area contributed by atoms with Gasteiger partial charge in [-0.3, -0.25) is 4.79 Å². The smallest absolute Gasteiger partial charge is 0.243 e. The van der Waals surface area contributed by atoms with E-state index < -0.39 is 5.41 Å². The molecule has 0 spiro atoms. The summed E-state index contributed by atoms with van der Waals surface area (Å²) >= 11 is 1.58. The van der Waals surface area contributed by atoms with E-state index >= 15 is 0 Å². The average Bonchev–Trinajstić information content (AvgIpc) is 2.63. The van der Waals surface area contributed by atoms with Crippen LogP contribution in [0.3, 0.4) is 0 Å².